The summed E-state index contributed by atoms with van der Waals surface area (Å²) in [7, 11) is 0. The van der Waals surface area contributed by atoms with Crippen LogP contribution in [0.4, 0.5) is 5.69 Å². The first kappa shape index (κ1) is 15.4. The molecule has 2 amide bonds. The van der Waals surface area contributed by atoms with Crippen molar-refractivity contribution in [1.29, 1.82) is 0 Å². The number of hydrogen-bond donors (Lipinski definition) is 2. The van der Waals surface area contributed by atoms with Crippen molar-refractivity contribution in [3.63, 3.8) is 0 Å². The lowest BCUT2D eigenvalue weighted by atomic mass is 10.1. The van der Waals surface area contributed by atoms with Gasteiger partial charge in [-0.1, -0.05) is 18.2 Å². The van der Waals surface area contributed by atoms with E-state index in [1.54, 1.807) is 42.6 Å². The third-order valence-electron chi connectivity index (χ3n) is 3.39. The molecule has 0 aliphatic rings. The molecule has 2 heterocycles. The maximum atomic E-state index is 12.3. The number of pyridine rings is 2. The Morgan fingerprint density at radius 1 is 0.875 bits per heavy atom. The Kier molecular flexibility index (Phi) is 4.29. The van der Waals surface area contributed by atoms with Crippen LogP contribution in [0.2, 0.25) is 0 Å². The van der Waals surface area contributed by atoms with Crippen molar-refractivity contribution in [1.82, 2.24) is 9.97 Å². The van der Waals surface area contributed by atoms with E-state index in [1.165, 1.54) is 6.20 Å². The number of benzene rings is 1. The van der Waals surface area contributed by atoms with Crippen molar-refractivity contribution in [2.45, 2.75) is 0 Å². The van der Waals surface area contributed by atoms with Crippen LogP contribution >= 0.6 is 0 Å². The van der Waals surface area contributed by atoms with Gasteiger partial charge in [-0.3, -0.25) is 19.6 Å². The third kappa shape index (κ3) is 3.27. The average Bonchev–Trinajstić information content (AvgIpc) is 2.63. The minimum absolute atomic E-state index is 0.254. The molecule has 118 valence electrons. The molecule has 6 heteroatoms. The van der Waals surface area contributed by atoms with Gasteiger partial charge in [0.1, 0.15) is 0 Å². The zero-order chi connectivity index (χ0) is 16.9. The first-order valence-corrected chi connectivity index (χ1v) is 7.23. The highest BCUT2D eigenvalue weighted by Gasteiger charge is 2.12. The molecule has 0 unspecified atom stereocenters. The van der Waals surface area contributed by atoms with Crippen LogP contribution in [0.5, 0.6) is 0 Å². The summed E-state index contributed by atoms with van der Waals surface area (Å²) in [5.41, 5.74) is 7.69. The largest absolute Gasteiger partial charge is 0.366 e. The summed E-state index contributed by atoms with van der Waals surface area (Å²) in [6.45, 7) is 0. The fourth-order valence-corrected chi connectivity index (χ4v) is 2.20. The molecule has 2 aromatic heterocycles. The molecule has 3 rings (SSSR count). The summed E-state index contributed by atoms with van der Waals surface area (Å²) in [4.78, 5) is 32.2. The van der Waals surface area contributed by atoms with Crippen molar-refractivity contribution in [3.05, 3.63) is 78.1 Å². The van der Waals surface area contributed by atoms with Crippen LogP contribution in [0.25, 0.3) is 11.4 Å². The van der Waals surface area contributed by atoms with Gasteiger partial charge in [0.05, 0.1) is 28.2 Å². The second-order valence-corrected chi connectivity index (χ2v) is 5.01. The third-order valence-corrected chi connectivity index (χ3v) is 3.39. The molecule has 3 N–H and O–H groups in total. The monoisotopic (exact) mass is 318 g/mol. The fourth-order valence-electron chi connectivity index (χ4n) is 2.20. The molecule has 0 aliphatic heterocycles. The molecule has 0 saturated heterocycles. The summed E-state index contributed by atoms with van der Waals surface area (Å²) in [6, 6.07) is 15.5. The Bertz CT molecular complexity index is 877. The highest BCUT2D eigenvalue weighted by Crippen LogP contribution is 2.17. The second kappa shape index (κ2) is 6.70. The zero-order valence-corrected chi connectivity index (χ0v) is 12.6. The molecular formula is C18H14N4O2. The van der Waals surface area contributed by atoms with Crippen molar-refractivity contribution in [2.24, 2.45) is 5.73 Å². The van der Waals surface area contributed by atoms with Crippen LogP contribution < -0.4 is 11.1 Å². The average molecular weight is 318 g/mol. The van der Waals surface area contributed by atoms with Gasteiger partial charge in [-0.05, 0) is 36.4 Å². The zero-order valence-electron chi connectivity index (χ0n) is 12.6. The minimum Gasteiger partial charge on any atom is -0.366 e. The Balaban J connectivity index is 1.80. The Labute approximate surface area is 138 Å². The topological polar surface area (TPSA) is 98.0 Å². The summed E-state index contributed by atoms with van der Waals surface area (Å²) in [5.74, 6) is -0.974. The van der Waals surface area contributed by atoms with Gasteiger partial charge in [0.15, 0.2) is 0 Å². The van der Waals surface area contributed by atoms with E-state index in [-0.39, 0.29) is 11.5 Å². The number of nitrogens with two attached hydrogens (primary N) is 1. The van der Waals surface area contributed by atoms with E-state index >= 15 is 0 Å². The standard InChI is InChI=1S/C18H14N4O2/c19-17(23)13-5-1-2-6-14(13)22-18(24)12-8-9-16(21-11-12)15-7-3-4-10-20-15/h1-11H,(H2,19,23)(H,22,24). The van der Waals surface area contributed by atoms with Gasteiger partial charge in [0.25, 0.3) is 11.8 Å². The number of nitrogens with zero attached hydrogens (tertiary/aromatic N) is 2. The molecule has 0 saturated carbocycles. The number of aromatic nitrogens is 2. The molecule has 0 fully saturated rings. The maximum Gasteiger partial charge on any atom is 0.257 e. The summed E-state index contributed by atoms with van der Waals surface area (Å²) < 4.78 is 0. The molecule has 24 heavy (non-hydrogen) atoms. The number of para-hydroxylation sites is 1. The lowest BCUT2D eigenvalue weighted by molar-refractivity contribution is 0.100. The molecule has 0 spiro atoms. The van der Waals surface area contributed by atoms with Gasteiger partial charge in [-0.2, -0.15) is 0 Å². The van der Waals surface area contributed by atoms with Crippen LogP contribution in [0.1, 0.15) is 20.7 Å². The number of hydrogen-bond acceptors (Lipinski definition) is 4. The molecule has 0 bridgehead atoms. The first-order chi connectivity index (χ1) is 11.6. The predicted molar refractivity (Wildman–Crippen MR) is 90.4 cm³/mol. The lowest BCUT2D eigenvalue weighted by Crippen LogP contribution is -2.18. The SMILES string of the molecule is NC(=O)c1ccccc1NC(=O)c1ccc(-c2ccccn2)nc1. The molecule has 1 aromatic carbocycles. The van der Waals surface area contributed by atoms with Crippen molar-refractivity contribution < 1.29 is 9.59 Å². The van der Waals surface area contributed by atoms with Gasteiger partial charge in [-0.15, -0.1) is 0 Å². The van der Waals surface area contributed by atoms with E-state index in [4.69, 9.17) is 5.73 Å². The Morgan fingerprint density at radius 2 is 1.62 bits per heavy atom. The van der Waals surface area contributed by atoms with E-state index in [0.29, 0.717) is 16.9 Å². The Morgan fingerprint density at radius 3 is 2.29 bits per heavy atom. The van der Waals surface area contributed by atoms with Crippen LogP contribution in [0.15, 0.2) is 67.0 Å². The van der Waals surface area contributed by atoms with Gasteiger partial charge in [-0.25, -0.2) is 0 Å². The van der Waals surface area contributed by atoms with E-state index in [1.807, 2.05) is 18.2 Å². The number of anilines is 1. The smallest absolute Gasteiger partial charge is 0.257 e. The van der Waals surface area contributed by atoms with Crippen LogP contribution in [-0.4, -0.2) is 21.8 Å². The molecular weight excluding hydrogens is 304 g/mol. The summed E-state index contributed by atoms with van der Waals surface area (Å²) >= 11 is 0. The molecule has 0 atom stereocenters. The normalized spacial score (nSPS) is 10.2. The van der Waals surface area contributed by atoms with Gasteiger partial charge >= 0.3 is 0 Å². The predicted octanol–water partition coefficient (Wildman–Crippen LogP) is 2.49. The highest BCUT2D eigenvalue weighted by molar-refractivity contribution is 6.08. The number of primary amides is 1. The van der Waals surface area contributed by atoms with Gasteiger partial charge in [0, 0.05) is 12.4 Å². The molecule has 0 aliphatic carbocycles. The van der Waals surface area contributed by atoms with E-state index in [9.17, 15) is 9.59 Å². The Hall–Kier alpha value is -3.54. The molecule has 0 radical (unpaired) electrons. The van der Waals surface area contributed by atoms with E-state index in [2.05, 4.69) is 15.3 Å². The van der Waals surface area contributed by atoms with Crippen molar-refractivity contribution in [3.8, 4) is 11.4 Å². The summed E-state index contributed by atoms with van der Waals surface area (Å²) in [6.07, 6.45) is 3.14. The number of amides is 2. The fraction of sp³-hybridized carbons (Fsp3) is 0. The van der Waals surface area contributed by atoms with E-state index in [0.717, 1.165) is 5.69 Å². The van der Waals surface area contributed by atoms with Crippen molar-refractivity contribution in [2.75, 3.05) is 5.32 Å². The van der Waals surface area contributed by atoms with Crippen LogP contribution in [0.3, 0.4) is 0 Å². The number of rotatable bonds is 4. The van der Waals surface area contributed by atoms with Crippen molar-refractivity contribution >= 4 is 17.5 Å². The van der Waals surface area contributed by atoms with Gasteiger partial charge in [0.2, 0.25) is 0 Å². The second-order valence-electron chi connectivity index (χ2n) is 5.01. The van der Waals surface area contributed by atoms with Crippen LogP contribution in [0, 0.1) is 0 Å². The molecule has 3 aromatic rings. The minimum atomic E-state index is -0.602. The van der Waals surface area contributed by atoms with Crippen LogP contribution in [-0.2, 0) is 0 Å². The first-order valence-electron chi connectivity index (χ1n) is 7.23. The maximum absolute atomic E-state index is 12.3. The number of carbonyl (C=O) groups is 2. The van der Waals surface area contributed by atoms with Gasteiger partial charge < -0.3 is 11.1 Å². The summed E-state index contributed by atoms with van der Waals surface area (Å²) in [5, 5.41) is 2.67. The quantitative estimate of drug-likeness (QED) is 0.772. The number of nitrogens with one attached hydrogen (secondary N) is 1. The lowest BCUT2D eigenvalue weighted by Gasteiger charge is -2.09. The highest BCUT2D eigenvalue weighted by atomic mass is 16.2. The van der Waals surface area contributed by atoms with E-state index < -0.39 is 5.91 Å². The number of carbonyl (C=O) groups excluding carboxylic acids is 2. The molecule has 6 nitrogen and oxygen atoms in total.